The van der Waals surface area contributed by atoms with Crippen LogP contribution in [0.2, 0.25) is 0 Å². The van der Waals surface area contributed by atoms with Crippen molar-refractivity contribution in [3.05, 3.63) is 33.8 Å². The molecule has 0 heterocycles. The monoisotopic (exact) mass is 323 g/mol. The first-order valence-corrected chi connectivity index (χ1v) is 7.96. The van der Waals surface area contributed by atoms with E-state index in [1.165, 1.54) is 19.3 Å². The molecule has 1 aromatic carbocycles. The van der Waals surface area contributed by atoms with E-state index in [0.717, 1.165) is 34.4 Å². The van der Waals surface area contributed by atoms with Gasteiger partial charge in [-0.2, -0.15) is 0 Å². The molecule has 1 saturated carbocycles. The first-order chi connectivity index (χ1) is 9.10. The molecule has 0 aliphatic heterocycles. The number of hydrogen-bond acceptors (Lipinski definition) is 1. The van der Waals surface area contributed by atoms with Gasteiger partial charge < -0.3 is 5.32 Å². The van der Waals surface area contributed by atoms with E-state index in [1.54, 1.807) is 0 Å². The van der Waals surface area contributed by atoms with Gasteiger partial charge in [0, 0.05) is 10.5 Å². The van der Waals surface area contributed by atoms with Crippen molar-refractivity contribution in [3.8, 4) is 0 Å². The van der Waals surface area contributed by atoms with Crippen LogP contribution < -0.4 is 5.32 Å². The number of carbonyl (C=O) groups excluding carboxylic acids is 1. The van der Waals surface area contributed by atoms with Crippen LogP contribution in [-0.4, -0.2) is 11.9 Å². The number of aryl methyl sites for hydroxylation is 1. The van der Waals surface area contributed by atoms with E-state index in [4.69, 9.17) is 0 Å². The van der Waals surface area contributed by atoms with Crippen LogP contribution >= 0.6 is 15.9 Å². The van der Waals surface area contributed by atoms with Gasteiger partial charge in [0.1, 0.15) is 0 Å². The van der Waals surface area contributed by atoms with Crippen molar-refractivity contribution < 1.29 is 4.79 Å². The van der Waals surface area contributed by atoms with Gasteiger partial charge in [0.15, 0.2) is 0 Å². The number of hydrogen-bond donors (Lipinski definition) is 1. The van der Waals surface area contributed by atoms with E-state index in [2.05, 4.69) is 28.2 Å². The van der Waals surface area contributed by atoms with E-state index in [-0.39, 0.29) is 5.91 Å². The summed E-state index contributed by atoms with van der Waals surface area (Å²) in [6.45, 7) is 4.27. The minimum Gasteiger partial charge on any atom is -0.349 e. The molecule has 2 atom stereocenters. The Morgan fingerprint density at radius 2 is 2.21 bits per heavy atom. The third-order valence-electron chi connectivity index (χ3n) is 4.06. The van der Waals surface area contributed by atoms with Gasteiger partial charge in [0.25, 0.3) is 5.91 Å². The summed E-state index contributed by atoms with van der Waals surface area (Å²) in [6, 6.07) is 6.22. The normalized spacial score (nSPS) is 23.1. The molecule has 1 aliphatic rings. The quantitative estimate of drug-likeness (QED) is 0.874. The largest absolute Gasteiger partial charge is 0.349 e. The van der Waals surface area contributed by atoms with Crippen LogP contribution in [0.3, 0.4) is 0 Å². The second-order valence-electron chi connectivity index (χ2n) is 5.59. The maximum absolute atomic E-state index is 12.3. The van der Waals surface area contributed by atoms with Gasteiger partial charge in [-0.1, -0.05) is 32.3 Å². The van der Waals surface area contributed by atoms with Crippen LogP contribution in [0.15, 0.2) is 22.7 Å². The lowest BCUT2D eigenvalue weighted by Crippen LogP contribution is -2.38. The highest BCUT2D eigenvalue weighted by Crippen LogP contribution is 2.27. The van der Waals surface area contributed by atoms with Gasteiger partial charge in [0.05, 0.1) is 5.56 Å². The van der Waals surface area contributed by atoms with Gasteiger partial charge in [-0.3, -0.25) is 4.79 Å². The maximum atomic E-state index is 12.3. The van der Waals surface area contributed by atoms with Crippen LogP contribution in [0, 0.1) is 12.8 Å². The van der Waals surface area contributed by atoms with Crippen LogP contribution in [0.4, 0.5) is 0 Å². The molecule has 1 fully saturated rings. The van der Waals surface area contributed by atoms with Gasteiger partial charge in [-0.25, -0.2) is 0 Å². The molecular weight excluding hydrogens is 302 g/mol. The first-order valence-electron chi connectivity index (χ1n) is 7.17. The van der Waals surface area contributed by atoms with Crippen molar-refractivity contribution in [2.45, 2.75) is 52.0 Å². The molecule has 1 aliphatic carbocycles. The highest BCUT2D eigenvalue weighted by atomic mass is 79.9. The predicted molar refractivity (Wildman–Crippen MR) is 82.4 cm³/mol. The van der Waals surface area contributed by atoms with E-state index >= 15 is 0 Å². The van der Waals surface area contributed by atoms with Crippen molar-refractivity contribution in [1.82, 2.24) is 5.32 Å². The Bertz CT molecular complexity index is 458. The molecule has 0 bridgehead atoms. The smallest absolute Gasteiger partial charge is 0.252 e. The molecule has 0 spiro atoms. The summed E-state index contributed by atoms with van der Waals surface area (Å²) < 4.78 is 0.882. The minimum absolute atomic E-state index is 0.0497. The average molecular weight is 324 g/mol. The second kappa shape index (κ2) is 6.56. The van der Waals surface area contributed by atoms with Crippen molar-refractivity contribution in [1.29, 1.82) is 0 Å². The summed E-state index contributed by atoms with van der Waals surface area (Å²) in [5.74, 6) is 0.828. The number of benzene rings is 1. The van der Waals surface area contributed by atoms with Crippen LogP contribution in [0.5, 0.6) is 0 Å². The molecular formula is C16H22BrNO. The summed E-state index contributed by atoms with van der Waals surface area (Å²) in [4.78, 5) is 12.3. The van der Waals surface area contributed by atoms with Crippen molar-refractivity contribution in [3.63, 3.8) is 0 Å². The molecule has 0 saturated heterocycles. The molecule has 19 heavy (non-hydrogen) atoms. The van der Waals surface area contributed by atoms with E-state index in [0.29, 0.717) is 6.04 Å². The maximum Gasteiger partial charge on any atom is 0.252 e. The van der Waals surface area contributed by atoms with E-state index < -0.39 is 0 Å². The van der Waals surface area contributed by atoms with Gasteiger partial charge in [0.2, 0.25) is 0 Å². The standard InChI is InChI=1S/C16H22BrNO/c1-3-12-5-4-6-13(10-12)18-16(19)14-8-7-11(2)9-15(14)17/h7-9,12-13H,3-6,10H2,1-2H3,(H,18,19). The molecule has 0 radical (unpaired) electrons. The Kier molecular flexibility index (Phi) is 5.03. The first kappa shape index (κ1) is 14.6. The average Bonchev–Trinajstić information content (AvgIpc) is 2.38. The number of nitrogens with one attached hydrogen (secondary N) is 1. The van der Waals surface area contributed by atoms with Gasteiger partial charge in [-0.05, 0) is 59.3 Å². The molecule has 0 aromatic heterocycles. The lowest BCUT2D eigenvalue weighted by Gasteiger charge is -2.29. The van der Waals surface area contributed by atoms with Gasteiger partial charge >= 0.3 is 0 Å². The summed E-state index contributed by atoms with van der Waals surface area (Å²) in [7, 11) is 0. The molecule has 2 nitrogen and oxygen atoms in total. The third-order valence-corrected chi connectivity index (χ3v) is 4.72. The Labute approximate surface area is 124 Å². The Morgan fingerprint density at radius 1 is 1.42 bits per heavy atom. The van der Waals surface area contributed by atoms with Crippen molar-refractivity contribution in [2.24, 2.45) is 5.92 Å². The van der Waals surface area contributed by atoms with Crippen LogP contribution in [0.1, 0.15) is 54.9 Å². The second-order valence-corrected chi connectivity index (χ2v) is 6.45. The van der Waals surface area contributed by atoms with E-state index in [9.17, 15) is 4.79 Å². The highest BCUT2D eigenvalue weighted by molar-refractivity contribution is 9.10. The van der Waals surface area contributed by atoms with Crippen molar-refractivity contribution in [2.75, 3.05) is 0 Å². The predicted octanol–water partition coefficient (Wildman–Crippen LogP) is 4.46. The number of halogens is 1. The van der Waals surface area contributed by atoms with E-state index in [1.807, 2.05) is 25.1 Å². The Morgan fingerprint density at radius 3 is 2.89 bits per heavy atom. The fourth-order valence-electron chi connectivity index (χ4n) is 2.86. The van der Waals surface area contributed by atoms with Gasteiger partial charge in [-0.15, -0.1) is 0 Å². The Balaban J connectivity index is 2.00. The zero-order valence-corrected chi connectivity index (χ0v) is 13.3. The molecule has 1 aromatic rings. The lowest BCUT2D eigenvalue weighted by molar-refractivity contribution is 0.0918. The molecule has 3 heteroatoms. The molecule has 104 valence electrons. The zero-order valence-electron chi connectivity index (χ0n) is 11.7. The number of carbonyl (C=O) groups is 1. The van der Waals surface area contributed by atoms with Crippen LogP contribution in [-0.2, 0) is 0 Å². The molecule has 1 N–H and O–H groups in total. The lowest BCUT2D eigenvalue weighted by atomic mass is 9.84. The Hall–Kier alpha value is -0.830. The molecule has 2 unspecified atom stereocenters. The number of amides is 1. The number of rotatable bonds is 3. The van der Waals surface area contributed by atoms with Crippen molar-refractivity contribution >= 4 is 21.8 Å². The SMILES string of the molecule is CCC1CCCC(NC(=O)c2ccc(C)cc2Br)C1. The zero-order chi connectivity index (χ0) is 13.8. The third kappa shape index (κ3) is 3.82. The fraction of sp³-hybridized carbons (Fsp3) is 0.562. The molecule has 2 rings (SSSR count). The summed E-state index contributed by atoms with van der Waals surface area (Å²) in [5.41, 5.74) is 1.90. The topological polar surface area (TPSA) is 29.1 Å². The molecule has 1 amide bonds. The fourth-order valence-corrected chi connectivity index (χ4v) is 3.53. The summed E-state index contributed by atoms with van der Waals surface area (Å²) in [5, 5.41) is 3.19. The minimum atomic E-state index is 0.0497. The summed E-state index contributed by atoms with van der Waals surface area (Å²) in [6.07, 6.45) is 6.02. The van der Waals surface area contributed by atoms with Crippen LogP contribution in [0.25, 0.3) is 0 Å². The highest BCUT2D eigenvalue weighted by Gasteiger charge is 2.23. The summed E-state index contributed by atoms with van der Waals surface area (Å²) >= 11 is 3.48.